The number of nitrogens with two attached hydrogens (primary N) is 2. The van der Waals surface area contributed by atoms with Crippen LogP contribution >= 0.6 is 31.3 Å². The third-order valence-electron chi connectivity index (χ3n) is 18.7. The minimum Gasteiger partial charge on any atom is -0.479 e. The van der Waals surface area contributed by atoms with Gasteiger partial charge >= 0.3 is 49.2 Å². The number of ether oxygens (including phenoxy) is 14. The van der Waals surface area contributed by atoms with Gasteiger partial charge in [0, 0.05) is 6.42 Å². The number of aliphatic hydroxyl groups excluding tert-OH is 20. The molecule has 0 amide bonds. The topological polar surface area (TPSA) is 954 Å². The molecule has 0 aromatic rings. The molecule has 0 saturated carbocycles. The molecule has 8 aliphatic rings. The number of hydrogen-bond donors (Lipinski definition) is 32. The molecule has 8 aliphatic heterocycles. The molecule has 8 rings (SSSR count). The fraction of sp³-hybridized carbons (Fsp3) is 0.941. The minimum atomic E-state index is -6.85. The highest BCUT2D eigenvalue weighted by Crippen LogP contribution is 2.54. The summed E-state index contributed by atoms with van der Waals surface area (Å²) in [5.74, 6) is -13.9. The molecular weight excluding hydrogens is 1660 g/mol. The second-order valence-electron chi connectivity index (χ2n) is 26.4. The van der Waals surface area contributed by atoms with Gasteiger partial charge in [-0.05, 0) is 0 Å². The highest BCUT2D eigenvalue weighted by Gasteiger charge is 2.66. The molecule has 58 nitrogen and oxygen atoms in total. The summed E-state index contributed by atoms with van der Waals surface area (Å²) in [6.45, 7) is -10.3. The Morgan fingerprint density at radius 2 is 0.965 bits per heavy atom. The van der Waals surface area contributed by atoms with Gasteiger partial charge in [0.1, 0.15) is 178 Å². The summed E-state index contributed by atoms with van der Waals surface area (Å²) < 4.78 is 156. The molecule has 62 heteroatoms. The maximum Gasteiger partial charge on any atom is 0.475 e. The normalized spacial score (nSPS) is 46.1. The molecule has 0 spiro atoms. The highest BCUT2D eigenvalue weighted by molar-refractivity contribution is 7.47. The van der Waals surface area contributed by atoms with Crippen molar-refractivity contribution in [2.75, 3.05) is 46.2 Å². The highest BCUT2D eigenvalue weighted by atomic mass is 31.2. The molecule has 8 fully saturated rings. The van der Waals surface area contributed by atoms with E-state index in [1.165, 1.54) is 0 Å². The second kappa shape index (κ2) is 38.2. The van der Waals surface area contributed by atoms with Crippen LogP contribution in [0.2, 0.25) is 0 Å². The van der Waals surface area contributed by atoms with Crippen molar-refractivity contribution in [3.05, 3.63) is 0 Å². The van der Waals surface area contributed by atoms with Crippen LogP contribution < -0.4 is 11.5 Å². The van der Waals surface area contributed by atoms with E-state index >= 15 is 0 Å². The van der Waals surface area contributed by atoms with Gasteiger partial charge in [0.05, 0.1) is 51.7 Å². The average Bonchev–Trinajstić information content (AvgIpc) is 1.47. The first-order valence-corrected chi connectivity index (χ1v) is 39.0. The number of rotatable bonds is 34. The van der Waals surface area contributed by atoms with Crippen molar-refractivity contribution in [1.29, 1.82) is 0 Å². The monoisotopic (exact) mass is 1750 g/mol. The Labute approximate surface area is 629 Å². The smallest absolute Gasteiger partial charge is 0.475 e. The molecular formula is C51H88N2O56P4. The molecule has 0 aliphatic carbocycles. The van der Waals surface area contributed by atoms with E-state index in [-0.39, 0.29) is 0 Å². The Hall–Kier alpha value is -2.59. The zero-order valence-corrected chi connectivity index (χ0v) is 60.6. The number of hydrogen-bond acceptors (Lipinski definition) is 48. The molecule has 658 valence electrons. The van der Waals surface area contributed by atoms with Crippen LogP contribution in [0.3, 0.4) is 0 Å². The quantitative estimate of drug-likeness (QED) is 0.0266. The van der Waals surface area contributed by atoms with Gasteiger partial charge in [-0.25, -0.2) is 32.6 Å². The SMILES string of the molecule is N[C@@H]1[C@@H](O)[C@H](O)[C@@H](CO[C@@H]2O[C@H](CO[C@]3(C(=O)O)C[C@@H](OP(=O)(O)O)[C@@H](O[C@H]4O[C@H]([C@@H](O)CO)[C@@H](O[C@@H]5O[C@H](CO)[C@@H](O[C@]6(CO)O[C@H](CO)[C@@H](O)[C@@H]6O)[C@H](O)[C@H]5O)[C@H](OP(=O)(O)O[C@H]5O[C@H](C(=O)O)[C@H](O)[C@H](O)[C@H]5O)[C@@H]4O[C@H]4O[C@H](C(=O)O)[C@H](O)[C@H](OP(=O)(O)O)[C@H]4O)[C@@H]([C@H](O)CO)O3)[C@@H](OP(=O)(O)O)[C@H](O)[C@H]2N)O[C@@H]1O. The van der Waals surface area contributed by atoms with Crippen molar-refractivity contribution < 1.29 is 273 Å². The van der Waals surface area contributed by atoms with E-state index in [9.17, 15) is 184 Å². The van der Waals surface area contributed by atoms with Gasteiger partial charge in [-0.3, -0.25) is 22.6 Å². The van der Waals surface area contributed by atoms with E-state index in [4.69, 9.17) is 95.9 Å². The maximum absolute atomic E-state index is 14.9. The molecule has 34 N–H and O–H groups in total. The Morgan fingerprint density at radius 1 is 0.434 bits per heavy atom. The number of phosphoric ester groups is 4. The van der Waals surface area contributed by atoms with Crippen LogP contribution in [0, 0.1) is 0 Å². The van der Waals surface area contributed by atoms with Crippen molar-refractivity contribution in [3.63, 3.8) is 0 Å². The Kier molecular flexibility index (Phi) is 32.4. The van der Waals surface area contributed by atoms with Crippen LogP contribution in [0.1, 0.15) is 6.42 Å². The van der Waals surface area contributed by atoms with Crippen LogP contribution in [-0.2, 0) is 122 Å². The first kappa shape index (κ1) is 95.9. The van der Waals surface area contributed by atoms with Crippen LogP contribution in [0.15, 0.2) is 0 Å². The van der Waals surface area contributed by atoms with Gasteiger partial charge < -0.3 is 229 Å². The molecule has 0 radical (unpaired) electrons. The number of aliphatic carboxylic acids is 3. The Morgan fingerprint density at radius 3 is 1.51 bits per heavy atom. The van der Waals surface area contributed by atoms with Gasteiger partial charge in [0.25, 0.3) is 5.79 Å². The Balaban J connectivity index is 1.28. The number of carboxylic acid groups (broad SMARTS) is 3. The van der Waals surface area contributed by atoms with Crippen molar-refractivity contribution in [1.82, 2.24) is 0 Å². The molecule has 8 heterocycles. The third-order valence-corrected chi connectivity index (χ3v) is 21.3. The first-order chi connectivity index (χ1) is 52.3. The van der Waals surface area contributed by atoms with Gasteiger partial charge in [-0.2, -0.15) is 0 Å². The minimum absolute atomic E-state index is 0.987. The Bertz CT molecular complexity index is 3350. The van der Waals surface area contributed by atoms with Crippen molar-refractivity contribution in [2.24, 2.45) is 11.5 Å². The fourth-order valence-corrected chi connectivity index (χ4v) is 15.7. The number of carboxylic acids is 3. The van der Waals surface area contributed by atoms with Crippen LogP contribution in [-0.4, -0.2) is 460 Å². The fourth-order valence-electron chi connectivity index (χ4n) is 13.0. The predicted octanol–water partition coefficient (Wildman–Crippen LogP) is -18.7. The lowest BCUT2D eigenvalue weighted by molar-refractivity contribution is -0.409. The lowest BCUT2D eigenvalue weighted by Crippen LogP contribution is -2.70. The van der Waals surface area contributed by atoms with E-state index in [2.05, 4.69) is 4.52 Å². The van der Waals surface area contributed by atoms with E-state index in [1.54, 1.807) is 0 Å². The van der Waals surface area contributed by atoms with Gasteiger partial charge in [-0.15, -0.1) is 0 Å². The molecule has 0 bridgehead atoms. The summed E-state index contributed by atoms with van der Waals surface area (Å²) in [6, 6.07) is -3.63. The molecule has 0 aromatic carbocycles. The lowest BCUT2D eigenvalue weighted by Gasteiger charge is -2.53. The maximum atomic E-state index is 14.9. The van der Waals surface area contributed by atoms with Crippen LogP contribution in [0.4, 0.5) is 0 Å². The van der Waals surface area contributed by atoms with E-state index < -0.39 is 346 Å². The summed E-state index contributed by atoms with van der Waals surface area (Å²) in [7, 11) is -25.3. The van der Waals surface area contributed by atoms with Crippen LogP contribution in [0.5, 0.6) is 0 Å². The second-order valence-corrected chi connectivity index (χ2v) is 31.3. The summed E-state index contributed by atoms with van der Waals surface area (Å²) in [6.07, 6.45) is -99.0. The molecule has 113 heavy (non-hydrogen) atoms. The standard InChI is InChI=1S/C51H88N2O56P4/c52-16-20(63)18(61)14(93-43(16)77)6-91-44-17(53)21(64)32(106-111(83,84)85)15(95-44)7-92-50(49(78)79)1-11(105-110(80,81)82)33(30(103-50)10(60)3-55)97-48-39(101-46-28(71)34(107-112(86,87)88)27(70)36(98-46)42(75)76)38(108-113(89,90)109-47-25(68)22(65)23(66)35(99-47)41(73)74)37(29(96-48)9(59)2-54)100-45-26(69)24(67)31(13(5-57)94-45)104-51(8-58)40(72)19(62)12(4-56)102-51/h9-40,43-48,54-72,77H,1-8,52-53H2,(H,73,74)(H,75,76)(H,78,79)(H,89,90)(H2,80,81,82)(H2,83,84,85)(H2,86,87,88)/t9-,10+,11+,12+,13+,14+,15+,16+,17+,18+,19+,20+,21+,22-,23+,24+,25+,26+,27+,28+,29+,30+,31+,32+,33+,34-,35-,36-,37+,38-,39-,40-,43-,44+,45-,46+,47+,48+,50+,51-/m0/s1. The number of aliphatic hydroxyl groups is 20. The van der Waals surface area contributed by atoms with E-state index in [1.807, 2.05) is 0 Å². The summed E-state index contributed by atoms with van der Waals surface area (Å²) in [4.78, 5) is 112. The van der Waals surface area contributed by atoms with Crippen LogP contribution in [0.25, 0.3) is 0 Å². The van der Waals surface area contributed by atoms with Crippen molar-refractivity contribution >= 4 is 49.2 Å². The summed E-state index contributed by atoms with van der Waals surface area (Å²) in [5.41, 5.74) is 11.7. The lowest BCUT2D eigenvalue weighted by atomic mass is 9.91. The van der Waals surface area contributed by atoms with E-state index in [0.29, 0.717) is 0 Å². The average molecular weight is 1750 g/mol. The zero-order chi connectivity index (χ0) is 84.8. The first-order valence-electron chi connectivity index (χ1n) is 32.9. The molecule has 0 aromatic heterocycles. The number of phosphoric acid groups is 4. The third kappa shape index (κ3) is 21.8. The zero-order valence-electron chi connectivity index (χ0n) is 57.1. The molecule has 8 saturated heterocycles. The number of carbonyl (C=O) groups is 3. The van der Waals surface area contributed by atoms with Crippen molar-refractivity contribution in [3.8, 4) is 0 Å². The largest absolute Gasteiger partial charge is 0.479 e. The van der Waals surface area contributed by atoms with Gasteiger partial charge in [0.15, 0.2) is 49.9 Å². The molecule has 41 atom stereocenters. The predicted molar refractivity (Wildman–Crippen MR) is 330 cm³/mol. The van der Waals surface area contributed by atoms with Gasteiger partial charge in [0.2, 0.25) is 5.79 Å². The molecule has 1 unspecified atom stereocenters. The van der Waals surface area contributed by atoms with E-state index in [0.717, 1.165) is 0 Å². The van der Waals surface area contributed by atoms with Gasteiger partial charge in [-0.1, -0.05) is 0 Å². The summed E-state index contributed by atoms with van der Waals surface area (Å²) in [5, 5.41) is 250. The summed E-state index contributed by atoms with van der Waals surface area (Å²) >= 11 is 0. The van der Waals surface area contributed by atoms with Crippen molar-refractivity contribution in [2.45, 2.75) is 251 Å².